The van der Waals surface area contributed by atoms with Gasteiger partial charge in [-0.05, 0) is 73.9 Å². The molecule has 3 aromatic rings. The van der Waals surface area contributed by atoms with Crippen LogP contribution in [0.15, 0.2) is 59.1 Å². The lowest BCUT2D eigenvalue weighted by Gasteiger charge is -2.28. The van der Waals surface area contributed by atoms with Crippen LogP contribution < -0.4 is 5.32 Å². The van der Waals surface area contributed by atoms with E-state index in [0.29, 0.717) is 17.4 Å². The molecule has 5 rings (SSSR count). The Labute approximate surface area is 197 Å². The minimum absolute atomic E-state index is 0.134. The van der Waals surface area contributed by atoms with Gasteiger partial charge in [-0.15, -0.1) is 0 Å². The van der Waals surface area contributed by atoms with Crippen LogP contribution in [0.3, 0.4) is 0 Å². The third-order valence-electron chi connectivity index (χ3n) is 6.28. The molecule has 0 unspecified atom stereocenters. The second kappa shape index (κ2) is 8.96. The van der Waals surface area contributed by atoms with Crippen molar-refractivity contribution >= 4 is 23.3 Å². The van der Waals surface area contributed by atoms with Gasteiger partial charge in [-0.2, -0.15) is 0 Å². The van der Waals surface area contributed by atoms with Gasteiger partial charge in [-0.3, -0.25) is 4.98 Å². The molecule has 33 heavy (non-hydrogen) atoms. The van der Waals surface area contributed by atoms with E-state index in [9.17, 15) is 9.90 Å². The number of benzene rings is 1. The van der Waals surface area contributed by atoms with Gasteiger partial charge in [0.2, 0.25) is 0 Å². The van der Waals surface area contributed by atoms with Crippen LogP contribution in [0.25, 0.3) is 11.3 Å². The zero-order valence-electron chi connectivity index (χ0n) is 18.2. The van der Waals surface area contributed by atoms with Gasteiger partial charge in [-0.25, -0.2) is 4.79 Å². The van der Waals surface area contributed by atoms with E-state index in [0.717, 1.165) is 42.0 Å². The predicted octanol–water partition coefficient (Wildman–Crippen LogP) is 4.50. The molecular weight excluding hydrogens is 438 g/mol. The summed E-state index contributed by atoms with van der Waals surface area (Å²) in [7, 11) is 0. The van der Waals surface area contributed by atoms with Gasteiger partial charge in [-0.1, -0.05) is 12.1 Å². The summed E-state index contributed by atoms with van der Waals surface area (Å²) in [6.45, 7) is 3.35. The van der Waals surface area contributed by atoms with Crippen LogP contribution in [0.1, 0.15) is 52.3 Å². The summed E-state index contributed by atoms with van der Waals surface area (Å²) < 4.78 is 12.3. The Balaban J connectivity index is 1.50. The first-order valence-electron chi connectivity index (χ1n) is 11.0. The Morgan fingerprint density at radius 1 is 1.27 bits per heavy atom. The summed E-state index contributed by atoms with van der Waals surface area (Å²) in [5.74, 6) is 0.514. The Bertz CT molecular complexity index is 1170. The lowest BCUT2D eigenvalue weighted by molar-refractivity contribution is 0.0696. The molecule has 2 aliphatic heterocycles. The second-order valence-corrected chi connectivity index (χ2v) is 8.84. The van der Waals surface area contributed by atoms with Crippen molar-refractivity contribution in [3.63, 3.8) is 0 Å². The first kappa shape index (κ1) is 21.6. The average Bonchev–Trinajstić information content (AvgIpc) is 3.56. The van der Waals surface area contributed by atoms with E-state index in [2.05, 4.69) is 15.2 Å². The highest BCUT2D eigenvalue weighted by molar-refractivity contribution is 7.80. The van der Waals surface area contributed by atoms with Crippen molar-refractivity contribution in [3.05, 3.63) is 77.3 Å². The van der Waals surface area contributed by atoms with Crippen molar-refractivity contribution in [2.24, 2.45) is 0 Å². The minimum atomic E-state index is -0.946. The zero-order valence-corrected chi connectivity index (χ0v) is 19.0. The van der Waals surface area contributed by atoms with Gasteiger partial charge in [0.15, 0.2) is 5.11 Å². The van der Waals surface area contributed by atoms with Crippen LogP contribution in [0.4, 0.5) is 0 Å². The summed E-state index contributed by atoms with van der Waals surface area (Å²) in [6, 6.07) is 14.5. The standard InChI is InChI=1S/C25H25N3O4S/c1-15-13-16(24(29)30)7-8-18(15)20-9-10-21(32-20)23-22(19-6-2-3-11-26-19)27-25(33)28(23)14-17-5-4-12-31-17/h2-3,6-11,13,17,22-23H,4-5,12,14H2,1H3,(H,27,33)(H,29,30)/t17-,22+,23-/m1/s1. The molecular formula is C25H25N3O4S. The zero-order chi connectivity index (χ0) is 22.9. The highest BCUT2D eigenvalue weighted by Crippen LogP contribution is 2.41. The Kier molecular flexibility index (Phi) is 5.86. The van der Waals surface area contributed by atoms with Gasteiger partial charge >= 0.3 is 5.97 Å². The molecule has 0 spiro atoms. The number of carboxylic acids is 1. The molecule has 0 amide bonds. The predicted molar refractivity (Wildman–Crippen MR) is 127 cm³/mol. The molecule has 8 heteroatoms. The molecule has 2 aromatic heterocycles. The van der Waals surface area contributed by atoms with Crippen molar-refractivity contribution in [2.75, 3.05) is 13.2 Å². The van der Waals surface area contributed by atoms with Crippen molar-refractivity contribution in [1.82, 2.24) is 15.2 Å². The number of pyridine rings is 1. The van der Waals surface area contributed by atoms with E-state index in [4.69, 9.17) is 21.4 Å². The number of furan rings is 1. The number of nitrogens with one attached hydrogen (secondary N) is 1. The molecule has 2 fully saturated rings. The fourth-order valence-corrected chi connectivity index (χ4v) is 4.96. The van der Waals surface area contributed by atoms with Gasteiger partial charge in [0, 0.05) is 24.9 Å². The molecule has 0 radical (unpaired) electrons. The lowest BCUT2D eigenvalue weighted by Crippen LogP contribution is -2.36. The maximum Gasteiger partial charge on any atom is 0.335 e. The number of hydrogen-bond donors (Lipinski definition) is 2. The largest absolute Gasteiger partial charge is 0.478 e. The number of carbonyl (C=O) groups is 1. The average molecular weight is 464 g/mol. The molecule has 0 bridgehead atoms. The summed E-state index contributed by atoms with van der Waals surface area (Å²) >= 11 is 5.72. The summed E-state index contributed by atoms with van der Waals surface area (Å²) in [4.78, 5) is 18.0. The summed E-state index contributed by atoms with van der Waals surface area (Å²) in [5.41, 5.74) is 2.85. The smallest absolute Gasteiger partial charge is 0.335 e. The van der Waals surface area contributed by atoms with Crippen molar-refractivity contribution in [3.8, 4) is 11.3 Å². The van der Waals surface area contributed by atoms with Gasteiger partial charge < -0.3 is 24.5 Å². The first-order valence-corrected chi connectivity index (χ1v) is 11.5. The number of ether oxygens (including phenoxy) is 1. The number of aryl methyl sites for hydroxylation is 1. The molecule has 1 aromatic carbocycles. The third kappa shape index (κ3) is 4.24. The quantitative estimate of drug-likeness (QED) is 0.517. The summed E-state index contributed by atoms with van der Waals surface area (Å²) in [5, 5.41) is 13.4. The van der Waals surface area contributed by atoms with E-state index >= 15 is 0 Å². The van der Waals surface area contributed by atoms with Crippen molar-refractivity contribution in [2.45, 2.75) is 38.0 Å². The normalized spacial score (nSPS) is 22.5. The molecule has 2 saturated heterocycles. The highest BCUT2D eigenvalue weighted by atomic mass is 32.1. The Hall–Kier alpha value is -3.23. The Morgan fingerprint density at radius 2 is 2.15 bits per heavy atom. The maximum atomic E-state index is 11.3. The van der Waals surface area contributed by atoms with E-state index in [1.165, 1.54) is 0 Å². The monoisotopic (exact) mass is 463 g/mol. The third-order valence-corrected chi connectivity index (χ3v) is 6.63. The van der Waals surface area contributed by atoms with Crippen molar-refractivity contribution < 1.29 is 19.1 Å². The number of thiocarbonyl (C=S) groups is 1. The molecule has 2 aliphatic rings. The van der Waals surface area contributed by atoms with Crippen LogP contribution in [0.2, 0.25) is 0 Å². The molecule has 4 heterocycles. The van der Waals surface area contributed by atoms with Gasteiger partial charge in [0.05, 0.1) is 23.4 Å². The lowest BCUT2D eigenvalue weighted by atomic mass is 10.0. The molecule has 0 aliphatic carbocycles. The fourth-order valence-electron chi connectivity index (χ4n) is 4.65. The van der Waals surface area contributed by atoms with Crippen LogP contribution in [-0.4, -0.2) is 45.3 Å². The Morgan fingerprint density at radius 3 is 2.85 bits per heavy atom. The topological polar surface area (TPSA) is 87.8 Å². The molecule has 170 valence electrons. The minimum Gasteiger partial charge on any atom is -0.478 e. The fraction of sp³-hybridized carbons (Fsp3) is 0.320. The van der Waals surface area contributed by atoms with Crippen LogP contribution in [0.5, 0.6) is 0 Å². The number of hydrogen-bond acceptors (Lipinski definition) is 5. The molecule has 0 saturated carbocycles. The van der Waals surface area contributed by atoms with E-state index in [1.807, 2.05) is 37.3 Å². The van der Waals surface area contributed by atoms with E-state index < -0.39 is 5.97 Å². The SMILES string of the molecule is Cc1cc(C(=O)O)ccc1-c1ccc([C@@H]2[C@H](c3ccccn3)NC(=S)N2C[C@H]2CCCO2)o1. The van der Waals surface area contributed by atoms with Crippen LogP contribution >= 0.6 is 12.2 Å². The number of nitrogens with zero attached hydrogens (tertiary/aromatic N) is 2. The number of carboxylic acid groups (broad SMARTS) is 1. The van der Waals surface area contributed by atoms with E-state index in [-0.39, 0.29) is 23.8 Å². The molecule has 3 atom stereocenters. The number of aromatic nitrogens is 1. The first-order chi connectivity index (χ1) is 16.0. The van der Waals surface area contributed by atoms with Crippen LogP contribution in [0, 0.1) is 6.92 Å². The number of aromatic carboxylic acids is 1. The van der Waals surface area contributed by atoms with Crippen LogP contribution in [-0.2, 0) is 4.74 Å². The van der Waals surface area contributed by atoms with E-state index in [1.54, 1.807) is 24.4 Å². The second-order valence-electron chi connectivity index (χ2n) is 8.45. The van der Waals surface area contributed by atoms with Crippen molar-refractivity contribution in [1.29, 1.82) is 0 Å². The van der Waals surface area contributed by atoms with Gasteiger partial charge in [0.25, 0.3) is 0 Å². The molecule has 2 N–H and O–H groups in total. The molecule has 7 nitrogen and oxygen atoms in total. The highest BCUT2D eigenvalue weighted by Gasteiger charge is 2.42. The summed E-state index contributed by atoms with van der Waals surface area (Å²) in [6.07, 6.45) is 3.98. The van der Waals surface area contributed by atoms with Gasteiger partial charge in [0.1, 0.15) is 17.6 Å². The number of rotatable bonds is 6. The maximum absolute atomic E-state index is 11.3.